The maximum absolute atomic E-state index is 6.05. The number of nitrogens with two attached hydrogens (primary N) is 1. The molecule has 0 spiro atoms. The maximum Gasteiger partial charge on any atom is 0.0595 e. The Morgan fingerprint density at radius 3 is 2.47 bits per heavy atom. The Bertz CT molecular complexity index is 554. The molecule has 102 valence electrons. The predicted molar refractivity (Wildman–Crippen MR) is 83.9 cm³/mol. The van der Waals surface area contributed by atoms with Crippen molar-refractivity contribution in [1.29, 1.82) is 0 Å². The number of aryl methyl sites for hydroxylation is 1. The Kier molecular flexibility index (Phi) is 5.25. The van der Waals surface area contributed by atoms with Crippen LogP contribution >= 0.6 is 34.5 Å². The first-order valence-electron chi connectivity index (χ1n) is 6.12. The van der Waals surface area contributed by atoms with Gasteiger partial charge in [-0.1, -0.05) is 36.2 Å². The van der Waals surface area contributed by atoms with Gasteiger partial charge in [0.25, 0.3) is 0 Å². The third-order valence-corrected chi connectivity index (χ3v) is 5.01. The van der Waals surface area contributed by atoms with Crippen LogP contribution in [0.1, 0.15) is 28.3 Å². The summed E-state index contributed by atoms with van der Waals surface area (Å²) in [6.07, 6.45) is 1.91. The highest BCUT2D eigenvalue weighted by atomic mass is 35.5. The zero-order valence-corrected chi connectivity index (χ0v) is 12.9. The molecule has 0 saturated heterocycles. The minimum absolute atomic E-state index is 0.0399. The Hall–Kier alpha value is -0.580. The molecule has 0 amide bonds. The quantitative estimate of drug-likeness (QED) is 0.635. The van der Waals surface area contributed by atoms with Gasteiger partial charge < -0.3 is 0 Å². The first-order valence-corrected chi connectivity index (χ1v) is 7.70. The summed E-state index contributed by atoms with van der Waals surface area (Å²) in [6, 6.07) is 9.98. The lowest BCUT2D eigenvalue weighted by atomic mass is 10.0. The van der Waals surface area contributed by atoms with Gasteiger partial charge in [0.1, 0.15) is 0 Å². The number of benzene rings is 1. The average Bonchev–Trinajstić information content (AvgIpc) is 2.87. The summed E-state index contributed by atoms with van der Waals surface area (Å²) in [7, 11) is 0. The van der Waals surface area contributed by atoms with Crippen molar-refractivity contribution in [3.05, 3.63) is 55.7 Å². The number of rotatable bonds is 5. The molecule has 2 rings (SSSR count). The summed E-state index contributed by atoms with van der Waals surface area (Å²) in [5.74, 6) is 5.66. The van der Waals surface area contributed by atoms with E-state index in [4.69, 9.17) is 29.0 Å². The summed E-state index contributed by atoms with van der Waals surface area (Å²) in [5.41, 5.74) is 3.89. The van der Waals surface area contributed by atoms with Gasteiger partial charge in [-0.15, -0.1) is 11.3 Å². The van der Waals surface area contributed by atoms with Gasteiger partial charge in [0.15, 0.2) is 0 Å². The molecule has 0 aliphatic heterocycles. The van der Waals surface area contributed by atoms with Crippen molar-refractivity contribution in [2.45, 2.75) is 25.8 Å². The van der Waals surface area contributed by atoms with Gasteiger partial charge in [0.05, 0.1) is 16.1 Å². The van der Waals surface area contributed by atoms with Gasteiger partial charge in [0, 0.05) is 16.2 Å². The molecule has 0 bridgehead atoms. The lowest BCUT2D eigenvalue weighted by Crippen LogP contribution is -2.29. The van der Waals surface area contributed by atoms with E-state index < -0.39 is 0 Å². The summed E-state index contributed by atoms with van der Waals surface area (Å²) in [6.45, 7) is 2.16. The van der Waals surface area contributed by atoms with Crippen LogP contribution in [-0.2, 0) is 12.8 Å². The summed E-state index contributed by atoms with van der Waals surface area (Å²) < 4.78 is 0. The second-order valence-corrected chi connectivity index (χ2v) is 6.39. The van der Waals surface area contributed by atoms with E-state index in [0.29, 0.717) is 10.0 Å². The van der Waals surface area contributed by atoms with Crippen LogP contribution in [0.5, 0.6) is 0 Å². The van der Waals surface area contributed by atoms with E-state index in [1.54, 1.807) is 6.07 Å². The highest BCUT2D eigenvalue weighted by molar-refractivity contribution is 7.11. The minimum Gasteiger partial charge on any atom is -0.271 e. The second kappa shape index (κ2) is 6.73. The van der Waals surface area contributed by atoms with Crippen LogP contribution < -0.4 is 11.3 Å². The van der Waals surface area contributed by atoms with Gasteiger partial charge in [-0.2, -0.15) is 0 Å². The van der Waals surface area contributed by atoms with E-state index >= 15 is 0 Å². The molecule has 5 heteroatoms. The molecule has 0 saturated carbocycles. The Balaban J connectivity index is 2.17. The van der Waals surface area contributed by atoms with Crippen LogP contribution in [0.2, 0.25) is 10.0 Å². The summed E-state index contributed by atoms with van der Waals surface area (Å²) in [4.78, 5) is 2.70. The third-order valence-electron chi connectivity index (χ3n) is 3.02. The Morgan fingerprint density at radius 1 is 1.16 bits per heavy atom. The van der Waals surface area contributed by atoms with E-state index in [1.807, 2.05) is 23.5 Å². The summed E-state index contributed by atoms with van der Waals surface area (Å²) in [5, 5.41) is 1.12. The molecule has 1 aromatic heterocycles. The molecular formula is C14H16Cl2N2S. The van der Waals surface area contributed by atoms with Crippen molar-refractivity contribution in [3.63, 3.8) is 0 Å². The standard InChI is InChI=1S/C14H16Cl2N2S/c1-2-10-4-5-11(19-10)8-14(18-17)9-3-6-12(15)13(16)7-9/h3-7,14,18H,2,8,17H2,1H3. The maximum atomic E-state index is 6.05. The fraction of sp³-hybridized carbons (Fsp3) is 0.286. The average molecular weight is 315 g/mol. The normalized spacial score (nSPS) is 12.6. The number of hydrazine groups is 1. The molecule has 1 atom stereocenters. The van der Waals surface area contributed by atoms with E-state index in [1.165, 1.54) is 9.75 Å². The van der Waals surface area contributed by atoms with Crippen LogP contribution in [0, 0.1) is 0 Å². The first kappa shape index (κ1) is 14.8. The fourth-order valence-corrected chi connectivity index (χ4v) is 3.24. The van der Waals surface area contributed by atoms with Crippen LogP contribution in [0.25, 0.3) is 0 Å². The topological polar surface area (TPSA) is 38.0 Å². The lowest BCUT2D eigenvalue weighted by Gasteiger charge is -2.16. The molecule has 1 heterocycles. The van der Waals surface area contributed by atoms with Crippen LogP contribution in [0.15, 0.2) is 30.3 Å². The number of nitrogens with one attached hydrogen (secondary N) is 1. The molecule has 1 aromatic carbocycles. The zero-order chi connectivity index (χ0) is 13.8. The highest BCUT2D eigenvalue weighted by Crippen LogP contribution is 2.28. The van der Waals surface area contributed by atoms with Crippen molar-refractivity contribution >= 4 is 34.5 Å². The van der Waals surface area contributed by atoms with Crippen molar-refractivity contribution in [2.75, 3.05) is 0 Å². The fourth-order valence-electron chi connectivity index (χ4n) is 1.93. The molecular weight excluding hydrogens is 299 g/mol. The molecule has 0 aliphatic carbocycles. The van der Waals surface area contributed by atoms with Crippen LogP contribution in [0.4, 0.5) is 0 Å². The molecule has 2 nitrogen and oxygen atoms in total. The van der Waals surface area contributed by atoms with E-state index in [2.05, 4.69) is 24.5 Å². The number of hydrogen-bond donors (Lipinski definition) is 2. The predicted octanol–water partition coefficient (Wildman–Crippen LogP) is 4.36. The first-order chi connectivity index (χ1) is 9.13. The van der Waals surface area contributed by atoms with E-state index in [-0.39, 0.29) is 6.04 Å². The molecule has 2 aromatic rings. The minimum atomic E-state index is 0.0399. The molecule has 0 aliphatic rings. The number of thiophene rings is 1. The molecule has 19 heavy (non-hydrogen) atoms. The van der Waals surface area contributed by atoms with Crippen molar-refractivity contribution < 1.29 is 0 Å². The van der Waals surface area contributed by atoms with Gasteiger partial charge >= 0.3 is 0 Å². The Morgan fingerprint density at radius 2 is 1.89 bits per heavy atom. The zero-order valence-electron chi connectivity index (χ0n) is 10.6. The van der Waals surface area contributed by atoms with E-state index in [9.17, 15) is 0 Å². The monoisotopic (exact) mass is 314 g/mol. The van der Waals surface area contributed by atoms with Gasteiger partial charge in [0.2, 0.25) is 0 Å². The number of hydrogen-bond acceptors (Lipinski definition) is 3. The van der Waals surface area contributed by atoms with Crippen molar-refractivity contribution in [2.24, 2.45) is 5.84 Å². The highest BCUT2D eigenvalue weighted by Gasteiger charge is 2.13. The lowest BCUT2D eigenvalue weighted by molar-refractivity contribution is 0.555. The molecule has 3 N–H and O–H groups in total. The molecule has 0 radical (unpaired) electrons. The number of halogens is 2. The van der Waals surface area contributed by atoms with Crippen LogP contribution in [-0.4, -0.2) is 0 Å². The van der Waals surface area contributed by atoms with Gasteiger partial charge in [-0.05, 0) is 36.2 Å². The van der Waals surface area contributed by atoms with Crippen LogP contribution in [0.3, 0.4) is 0 Å². The van der Waals surface area contributed by atoms with Gasteiger partial charge in [-0.25, -0.2) is 0 Å². The molecule has 1 unspecified atom stereocenters. The smallest absolute Gasteiger partial charge is 0.0595 e. The van der Waals surface area contributed by atoms with Crippen molar-refractivity contribution in [3.8, 4) is 0 Å². The molecule has 0 fully saturated rings. The largest absolute Gasteiger partial charge is 0.271 e. The SMILES string of the molecule is CCc1ccc(CC(NN)c2ccc(Cl)c(Cl)c2)s1. The Labute approximate surface area is 127 Å². The van der Waals surface area contributed by atoms with E-state index in [0.717, 1.165) is 18.4 Å². The second-order valence-electron chi connectivity index (χ2n) is 4.32. The van der Waals surface area contributed by atoms with Crippen molar-refractivity contribution in [1.82, 2.24) is 5.43 Å². The summed E-state index contributed by atoms with van der Waals surface area (Å²) >= 11 is 13.8. The third kappa shape index (κ3) is 3.71. The van der Waals surface area contributed by atoms with Gasteiger partial charge in [-0.3, -0.25) is 11.3 Å².